The van der Waals surface area contributed by atoms with Crippen LogP contribution < -0.4 is 10.5 Å². The summed E-state index contributed by atoms with van der Waals surface area (Å²) in [5.41, 5.74) is 6.89. The van der Waals surface area contributed by atoms with E-state index in [9.17, 15) is 0 Å². The Morgan fingerprint density at radius 1 is 1.16 bits per heavy atom. The molecule has 1 heterocycles. The van der Waals surface area contributed by atoms with Crippen LogP contribution in [-0.4, -0.2) is 10.6 Å². The fourth-order valence-electron chi connectivity index (χ4n) is 5.01. The van der Waals surface area contributed by atoms with Crippen LogP contribution in [0.1, 0.15) is 44.1 Å². The normalized spacial score (nSPS) is 39.5. The van der Waals surface area contributed by atoms with Crippen LogP contribution in [0.2, 0.25) is 0 Å². The first-order chi connectivity index (χ1) is 9.25. The van der Waals surface area contributed by atoms with Crippen LogP contribution in [-0.2, 0) is 6.54 Å². The summed E-state index contributed by atoms with van der Waals surface area (Å²) in [4.78, 5) is 4.39. The lowest BCUT2D eigenvalue weighted by Crippen LogP contribution is -2.53. The van der Waals surface area contributed by atoms with Crippen molar-refractivity contribution >= 4 is 0 Å². The largest absolute Gasteiger partial charge is 0.471 e. The molecule has 3 nitrogen and oxygen atoms in total. The van der Waals surface area contributed by atoms with E-state index in [1.54, 1.807) is 0 Å². The van der Waals surface area contributed by atoms with Crippen LogP contribution >= 0.6 is 0 Å². The van der Waals surface area contributed by atoms with Crippen molar-refractivity contribution in [1.82, 2.24) is 4.98 Å². The van der Waals surface area contributed by atoms with Crippen molar-refractivity contribution < 1.29 is 4.74 Å². The lowest BCUT2D eigenvalue weighted by Gasteiger charge is -2.55. The van der Waals surface area contributed by atoms with Crippen molar-refractivity contribution in [2.75, 3.05) is 0 Å². The third-order valence-electron chi connectivity index (χ3n) is 5.34. The van der Waals surface area contributed by atoms with Gasteiger partial charge in [-0.15, -0.1) is 0 Å². The van der Waals surface area contributed by atoms with E-state index >= 15 is 0 Å². The van der Waals surface area contributed by atoms with Crippen LogP contribution in [0.4, 0.5) is 0 Å². The molecule has 5 rings (SSSR count). The third-order valence-corrected chi connectivity index (χ3v) is 5.34. The second kappa shape index (κ2) is 4.20. The molecule has 0 amide bonds. The number of nitrogens with zero attached hydrogens (tertiary/aromatic N) is 1. The molecule has 2 N–H and O–H groups in total. The number of rotatable bonds is 3. The molecule has 3 heteroatoms. The monoisotopic (exact) mass is 258 g/mol. The molecule has 0 atom stereocenters. The lowest BCUT2D eigenvalue weighted by molar-refractivity contribution is -0.109. The van der Waals surface area contributed by atoms with Gasteiger partial charge in [0, 0.05) is 18.8 Å². The molecule has 1 aromatic heterocycles. The zero-order chi connectivity index (χ0) is 12.9. The Morgan fingerprint density at radius 2 is 1.79 bits per heavy atom. The van der Waals surface area contributed by atoms with Crippen molar-refractivity contribution in [2.45, 2.75) is 50.7 Å². The van der Waals surface area contributed by atoms with Gasteiger partial charge < -0.3 is 10.5 Å². The minimum Gasteiger partial charge on any atom is -0.471 e. The second-order valence-electron chi connectivity index (χ2n) is 6.91. The van der Waals surface area contributed by atoms with E-state index < -0.39 is 0 Å². The number of pyridine rings is 1. The summed E-state index contributed by atoms with van der Waals surface area (Å²) in [6, 6.07) is 3.98. The fraction of sp³-hybridized carbons (Fsp3) is 0.688. The molecular formula is C16H22N2O. The Hall–Kier alpha value is -1.09. The van der Waals surface area contributed by atoms with Crippen molar-refractivity contribution in [1.29, 1.82) is 0 Å². The summed E-state index contributed by atoms with van der Waals surface area (Å²) in [7, 11) is 0. The zero-order valence-corrected chi connectivity index (χ0v) is 11.3. The van der Waals surface area contributed by atoms with Gasteiger partial charge in [0.15, 0.2) is 0 Å². The van der Waals surface area contributed by atoms with E-state index in [2.05, 4.69) is 4.98 Å². The Kier molecular flexibility index (Phi) is 2.59. The molecular weight excluding hydrogens is 236 g/mol. The highest BCUT2D eigenvalue weighted by atomic mass is 16.5. The van der Waals surface area contributed by atoms with Gasteiger partial charge in [-0.25, -0.2) is 4.98 Å². The van der Waals surface area contributed by atoms with Crippen LogP contribution in [0.15, 0.2) is 18.3 Å². The highest BCUT2D eigenvalue weighted by Gasteiger charge is 2.52. The van der Waals surface area contributed by atoms with Crippen LogP contribution in [0, 0.1) is 17.8 Å². The summed E-state index contributed by atoms with van der Waals surface area (Å²) < 4.78 is 6.39. The number of nitrogens with two attached hydrogens (primary N) is 1. The summed E-state index contributed by atoms with van der Waals surface area (Å²) >= 11 is 0. The Morgan fingerprint density at radius 3 is 2.37 bits per heavy atom. The van der Waals surface area contributed by atoms with Gasteiger partial charge in [0.1, 0.15) is 5.60 Å². The minimum atomic E-state index is 0.0922. The number of hydrogen-bond donors (Lipinski definition) is 1. The van der Waals surface area contributed by atoms with Gasteiger partial charge >= 0.3 is 0 Å². The number of aromatic nitrogens is 1. The van der Waals surface area contributed by atoms with E-state index in [0.717, 1.165) is 29.2 Å². The predicted octanol–water partition coefficient (Wildman–Crippen LogP) is 2.89. The van der Waals surface area contributed by atoms with Gasteiger partial charge in [-0.1, -0.05) is 0 Å². The van der Waals surface area contributed by atoms with Gasteiger partial charge in [-0.3, -0.25) is 0 Å². The molecule has 19 heavy (non-hydrogen) atoms. The molecule has 4 bridgehead atoms. The molecule has 4 fully saturated rings. The van der Waals surface area contributed by atoms with E-state index in [1.807, 2.05) is 18.3 Å². The van der Waals surface area contributed by atoms with Crippen molar-refractivity contribution in [3.05, 3.63) is 23.9 Å². The van der Waals surface area contributed by atoms with Gasteiger partial charge in [0.05, 0.1) is 0 Å². The highest BCUT2D eigenvalue weighted by molar-refractivity contribution is 5.21. The minimum absolute atomic E-state index is 0.0922. The zero-order valence-electron chi connectivity index (χ0n) is 11.3. The first kappa shape index (κ1) is 11.7. The maximum absolute atomic E-state index is 6.39. The first-order valence-electron chi connectivity index (χ1n) is 7.59. The molecule has 0 unspecified atom stereocenters. The molecule has 0 spiro atoms. The van der Waals surface area contributed by atoms with E-state index in [0.29, 0.717) is 6.54 Å². The second-order valence-corrected chi connectivity index (χ2v) is 6.91. The average Bonchev–Trinajstić information content (AvgIpc) is 2.36. The Labute approximate surface area is 114 Å². The molecule has 4 saturated carbocycles. The number of hydrogen-bond acceptors (Lipinski definition) is 3. The topological polar surface area (TPSA) is 48.1 Å². The molecule has 0 aliphatic heterocycles. The van der Waals surface area contributed by atoms with Crippen LogP contribution in [0.25, 0.3) is 0 Å². The van der Waals surface area contributed by atoms with Crippen molar-refractivity contribution in [2.24, 2.45) is 23.5 Å². The van der Waals surface area contributed by atoms with Crippen molar-refractivity contribution in [3.63, 3.8) is 0 Å². The smallest absolute Gasteiger partial charge is 0.214 e. The Balaban J connectivity index is 1.58. The molecule has 0 aromatic carbocycles. The molecule has 102 valence electrons. The summed E-state index contributed by atoms with van der Waals surface area (Å²) in [6.45, 7) is 0.555. The molecule has 4 aliphatic rings. The predicted molar refractivity (Wildman–Crippen MR) is 73.7 cm³/mol. The lowest BCUT2D eigenvalue weighted by atomic mass is 9.54. The molecule has 0 radical (unpaired) electrons. The Bertz CT molecular complexity index is 450. The molecule has 4 aliphatic carbocycles. The third kappa shape index (κ3) is 2.04. The van der Waals surface area contributed by atoms with E-state index in [-0.39, 0.29) is 5.60 Å². The van der Waals surface area contributed by atoms with E-state index in [4.69, 9.17) is 10.5 Å². The quantitative estimate of drug-likeness (QED) is 0.907. The fourth-order valence-corrected chi connectivity index (χ4v) is 5.01. The van der Waals surface area contributed by atoms with Gasteiger partial charge in [0.2, 0.25) is 5.88 Å². The highest BCUT2D eigenvalue weighted by Crippen LogP contribution is 2.56. The van der Waals surface area contributed by atoms with Crippen molar-refractivity contribution in [3.8, 4) is 5.88 Å². The van der Waals surface area contributed by atoms with Crippen LogP contribution in [0.3, 0.4) is 0 Å². The molecule has 0 saturated heterocycles. The van der Waals surface area contributed by atoms with Gasteiger partial charge in [0.25, 0.3) is 0 Å². The van der Waals surface area contributed by atoms with E-state index in [1.165, 1.54) is 38.5 Å². The molecule has 1 aromatic rings. The average molecular weight is 258 g/mol. The summed E-state index contributed by atoms with van der Waals surface area (Å²) in [6.07, 6.45) is 9.88. The van der Waals surface area contributed by atoms with Gasteiger partial charge in [-0.2, -0.15) is 0 Å². The maximum atomic E-state index is 6.39. The summed E-state index contributed by atoms with van der Waals surface area (Å²) in [5, 5.41) is 0. The maximum Gasteiger partial charge on any atom is 0.214 e. The summed E-state index contributed by atoms with van der Waals surface area (Å²) in [5.74, 6) is 3.50. The standard InChI is InChI=1S/C16H22N2O/c17-10-11-1-2-18-15(6-11)19-16-7-12-3-13(8-16)5-14(4-12)9-16/h1-2,6,12-14H,3-5,7-10,17H2. The SMILES string of the molecule is NCc1ccnc(OC23CC4CC(CC(C4)C2)C3)c1. The first-order valence-corrected chi connectivity index (χ1v) is 7.59. The van der Waals surface area contributed by atoms with Gasteiger partial charge in [-0.05, 0) is 67.9 Å². The van der Waals surface area contributed by atoms with Crippen LogP contribution in [0.5, 0.6) is 5.88 Å². The number of ether oxygens (including phenoxy) is 1.